The molecule has 0 unspecified atom stereocenters. The van der Waals surface area contributed by atoms with Crippen molar-refractivity contribution in [3.63, 3.8) is 0 Å². The number of rotatable bonds is 11. The van der Waals surface area contributed by atoms with Gasteiger partial charge in [0, 0.05) is 18.2 Å². The van der Waals surface area contributed by atoms with E-state index in [0.29, 0.717) is 24.7 Å². The highest BCUT2D eigenvalue weighted by Gasteiger charge is 2.06. The second-order valence-electron chi connectivity index (χ2n) is 6.78. The van der Waals surface area contributed by atoms with E-state index in [9.17, 15) is 9.59 Å². The molecule has 0 spiro atoms. The molecule has 32 heavy (non-hydrogen) atoms. The van der Waals surface area contributed by atoms with Gasteiger partial charge in [0.2, 0.25) is 0 Å². The Morgan fingerprint density at radius 2 is 1.41 bits per heavy atom. The topological polar surface area (TPSA) is 91.7 Å². The van der Waals surface area contributed by atoms with Gasteiger partial charge >= 0.3 is 0 Å². The number of amides is 1. The molecule has 1 N–H and O–H groups in total. The van der Waals surface area contributed by atoms with Crippen LogP contribution in [0.15, 0.2) is 65.5 Å². The average Bonchev–Trinajstić information content (AvgIpc) is 2.81. The standard InChI is InChI=1S/C24H27N3O5/c1-3-30-19-7-5-18(6-8-19)22-13-14-24(29)27(26-22)16-15-25-23(28)17-32-21-11-9-20(10-12-21)31-4-2/h5-14H,3-4,15-17H2,1-2H3,(H,25,28). The number of ether oxygens (including phenoxy) is 3. The molecule has 0 aliphatic heterocycles. The highest BCUT2D eigenvalue weighted by molar-refractivity contribution is 5.77. The summed E-state index contributed by atoms with van der Waals surface area (Å²) in [6.07, 6.45) is 0. The van der Waals surface area contributed by atoms with E-state index in [1.807, 2.05) is 38.1 Å². The summed E-state index contributed by atoms with van der Waals surface area (Å²) in [6, 6.07) is 17.7. The number of hydrogen-bond acceptors (Lipinski definition) is 6. The molecule has 0 atom stereocenters. The minimum atomic E-state index is -0.283. The Kier molecular flexibility index (Phi) is 8.25. The normalized spacial score (nSPS) is 10.4. The SMILES string of the molecule is CCOc1ccc(OCC(=O)NCCn2nc(-c3ccc(OCC)cc3)ccc2=O)cc1. The van der Waals surface area contributed by atoms with Gasteiger partial charge in [0.25, 0.3) is 11.5 Å². The zero-order valence-corrected chi connectivity index (χ0v) is 18.2. The lowest BCUT2D eigenvalue weighted by molar-refractivity contribution is -0.123. The summed E-state index contributed by atoms with van der Waals surface area (Å²) in [4.78, 5) is 24.2. The molecule has 0 fully saturated rings. The van der Waals surface area contributed by atoms with Gasteiger partial charge in [-0.25, -0.2) is 4.68 Å². The van der Waals surface area contributed by atoms with Crippen LogP contribution in [-0.2, 0) is 11.3 Å². The van der Waals surface area contributed by atoms with Crippen molar-refractivity contribution in [3.05, 3.63) is 71.0 Å². The molecule has 0 radical (unpaired) electrons. The largest absolute Gasteiger partial charge is 0.494 e. The second-order valence-corrected chi connectivity index (χ2v) is 6.78. The third-order valence-corrected chi connectivity index (χ3v) is 4.48. The van der Waals surface area contributed by atoms with E-state index < -0.39 is 0 Å². The first-order chi connectivity index (χ1) is 15.6. The van der Waals surface area contributed by atoms with Gasteiger partial charge in [0.1, 0.15) is 17.2 Å². The molecule has 0 saturated heterocycles. The van der Waals surface area contributed by atoms with Gasteiger partial charge in [-0.05, 0) is 68.4 Å². The maximum absolute atomic E-state index is 12.1. The molecule has 0 aliphatic rings. The number of nitrogens with zero attached hydrogens (tertiary/aromatic N) is 2. The molecule has 1 aromatic heterocycles. The number of nitrogens with one attached hydrogen (secondary N) is 1. The summed E-state index contributed by atoms with van der Waals surface area (Å²) in [5.41, 5.74) is 1.30. The van der Waals surface area contributed by atoms with Crippen molar-refractivity contribution >= 4 is 5.91 Å². The van der Waals surface area contributed by atoms with Crippen LogP contribution in [0.3, 0.4) is 0 Å². The van der Waals surface area contributed by atoms with E-state index in [-0.39, 0.29) is 31.2 Å². The maximum atomic E-state index is 12.1. The Bertz CT molecular complexity index is 1060. The fraction of sp³-hybridized carbons (Fsp3) is 0.292. The lowest BCUT2D eigenvalue weighted by Gasteiger charge is -2.10. The van der Waals surface area contributed by atoms with Crippen molar-refractivity contribution in [3.8, 4) is 28.5 Å². The molecular weight excluding hydrogens is 410 g/mol. The molecule has 1 heterocycles. The molecule has 0 saturated carbocycles. The van der Waals surface area contributed by atoms with Crippen molar-refractivity contribution in [1.82, 2.24) is 15.1 Å². The summed E-state index contributed by atoms with van der Waals surface area (Å²) in [5, 5.41) is 7.14. The van der Waals surface area contributed by atoms with E-state index >= 15 is 0 Å². The van der Waals surface area contributed by atoms with E-state index in [2.05, 4.69) is 10.4 Å². The summed E-state index contributed by atoms with van der Waals surface area (Å²) in [6.45, 7) is 5.40. The summed E-state index contributed by atoms with van der Waals surface area (Å²) < 4.78 is 17.6. The molecular formula is C24H27N3O5. The quantitative estimate of drug-likeness (QED) is 0.496. The van der Waals surface area contributed by atoms with Crippen LogP contribution in [-0.4, -0.2) is 42.1 Å². The predicted molar refractivity (Wildman–Crippen MR) is 121 cm³/mol. The Morgan fingerprint density at radius 1 is 0.844 bits per heavy atom. The Labute approximate surface area is 186 Å². The monoisotopic (exact) mass is 437 g/mol. The molecule has 1 amide bonds. The minimum absolute atomic E-state index is 0.122. The molecule has 0 bridgehead atoms. The van der Waals surface area contributed by atoms with Crippen LogP contribution in [0.2, 0.25) is 0 Å². The number of carbonyl (C=O) groups excluding carboxylic acids is 1. The van der Waals surface area contributed by atoms with Crippen LogP contribution >= 0.6 is 0 Å². The number of carbonyl (C=O) groups is 1. The van der Waals surface area contributed by atoms with Crippen LogP contribution in [0.25, 0.3) is 11.3 Å². The van der Waals surface area contributed by atoms with Crippen LogP contribution in [0, 0.1) is 0 Å². The third kappa shape index (κ3) is 6.60. The summed E-state index contributed by atoms with van der Waals surface area (Å²) >= 11 is 0. The van der Waals surface area contributed by atoms with Gasteiger partial charge < -0.3 is 19.5 Å². The van der Waals surface area contributed by atoms with Crippen LogP contribution in [0.5, 0.6) is 17.2 Å². The van der Waals surface area contributed by atoms with E-state index in [4.69, 9.17) is 14.2 Å². The molecule has 0 aliphatic carbocycles. The van der Waals surface area contributed by atoms with Gasteiger partial charge in [-0.2, -0.15) is 5.10 Å². The van der Waals surface area contributed by atoms with Crippen LogP contribution in [0.4, 0.5) is 0 Å². The minimum Gasteiger partial charge on any atom is -0.494 e. The first kappa shape index (κ1) is 22.9. The van der Waals surface area contributed by atoms with Crippen molar-refractivity contribution in [2.45, 2.75) is 20.4 Å². The molecule has 3 aromatic rings. The highest BCUT2D eigenvalue weighted by atomic mass is 16.5. The zero-order chi connectivity index (χ0) is 22.8. The molecule has 168 valence electrons. The second kappa shape index (κ2) is 11.5. The van der Waals surface area contributed by atoms with Gasteiger partial charge in [0.15, 0.2) is 6.61 Å². The Morgan fingerprint density at radius 3 is 2.00 bits per heavy atom. The number of aromatic nitrogens is 2. The van der Waals surface area contributed by atoms with Crippen LogP contribution in [0.1, 0.15) is 13.8 Å². The number of hydrogen-bond donors (Lipinski definition) is 1. The maximum Gasteiger partial charge on any atom is 0.266 e. The first-order valence-electron chi connectivity index (χ1n) is 10.5. The molecule has 3 rings (SSSR count). The first-order valence-corrected chi connectivity index (χ1v) is 10.5. The van der Waals surface area contributed by atoms with E-state index in [1.165, 1.54) is 10.7 Å². The lowest BCUT2D eigenvalue weighted by atomic mass is 10.1. The van der Waals surface area contributed by atoms with Crippen LogP contribution < -0.4 is 25.1 Å². The van der Waals surface area contributed by atoms with Crippen molar-refractivity contribution in [2.24, 2.45) is 0 Å². The Balaban J connectivity index is 1.50. The molecule has 8 nitrogen and oxygen atoms in total. The molecule has 2 aromatic carbocycles. The lowest BCUT2D eigenvalue weighted by Crippen LogP contribution is -2.34. The van der Waals surface area contributed by atoms with Gasteiger partial charge in [-0.3, -0.25) is 9.59 Å². The average molecular weight is 437 g/mol. The van der Waals surface area contributed by atoms with Crippen molar-refractivity contribution < 1.29 is 19.0 Å². The van der Waals surface area contributed by atoms with Gasteiger partial charge in [-0.15, -0.1) is 0 Å². The Hall–Kier alpha value is -3.81. The predicted octanol–water partition coefficient (Wildman–Crippen LogP) is 2.90. The third-order valence-electron chi connectivity index (χ3n) is 4.48. The van der Waals surface area contributed by atoms with E-state index in [1.54, 1.807) is 30.3 Å². The van der Waals surface area contributed by atoms with Crippen molar-refractivity contribution in [2.75, 3.05) is 26.4 Å². The fourth-order valence-electron chi connectivity index (χ4n) is 2.95. The van der Waals surface area contributed by atoms with Gasteiger partial charge in [0.05, 0.1) is 25.5 Å². The summed E-state index contributed by atoms with van der Waals surface area (Å²) in [7, 11) is 0. The van der Waals surface area contributed by atoms with E-state index in [0.717, 1.165) is 17.1 Å². The van der Waals surface area contributed by atoms with Gasteiger partial charge in [-0.1, -0.05) is 0 Å². The number of benzene rings is 2. The highest BCUT2D eigenvalue weighted by Crippen LogP contribution is 2.20. The zero-order valence-electron chi connectivity index (χ0n) is 18.2. The summed E-state index contributed by atoms with van der Waals surface area (Å²) in [5.74, 6) is 1.81. The fourth-order valence-corrected chi connectivity index (χ4v) is 2.95. The molecule has 8 heteroatoms. The van der Waals surface area contributed by atoms with Crippen molar-refractivity contribution in [1.29, 1.82) is 0 Å². The smallest absolute Gasteiger partial charge is 0.266 e.